The summed E-state index contributed by atoms with van der Waals surface area (Å²) in [6.07, 6.45) is 0.613. The van der Waals surface area contributed by atoms with Crippen molar-refractivity contribution in [1.82, 2.24) is 9.21 Å². The molecule has 0 aliphatic carbocycles. The summed E-state index contributed by atoms with van der Waals surface area (Å²) in [5.74, 6) is 0. The zero-order valence-corrected chi connectivity index (χ0v) is 23.5. The third kappa shape index (κ3) is 7.56. The van der Waals surface area contributed by atoms with Crippen molar-refractivity contribution in [3.8, 4) is 0 Å². The smallest absolute Gasteiger partial charge is 0.269 e. The number of hydrogen-bond acceptors (Lipinski definition) is 7. The molecule has 1 heterocycles. The molecular weight excluding hydrogens is 546 g/mol. The zero-order chi connectivity index (χ0) is 27.1. The van der Waals surface area contributed by atoms with Gasteiger partial charge in [0.05, 0.1) is 23.0 Å². The number of aryl methyl sites for hydroxylation is 1. The Morgan fingerprint density at radius 1 is 1.05 bits per heavy atom. The van der Waals surface area contributed by atoms with Crippen LogP contribution in [0.3, 0.4) is 0 Å². The lowest BCUT2D eigenvalue weighted by atomic mass is 10.2. The van der Waals surface area contributed by atoms with Crippen LogP contribution in [0.4, 0.5) is 5.69 Å². The molecule has 202 valence electrons. The third-order valence-corrected chi connectivity index (χ3v) is 9.52. The lowest BCUT2D eigenvalue weighted by Gasteiger charge is -2.28. The summed E-state index contributed by atoms with van der Waals surface area (Å²) in [7, 11) is -3.89. The number of hydrogen-bond donors (Lipinski definition) is 0. The second-order valence-corrected chi connectivity index (χ2v) is 12.6. The molecule has 4 rings (SSSR count). The lowest BCUT2D eigenvalue weighted by Crippen LogP contribution is -2.39. The van der Waals surface area contributed by atoms with Gasteiger partial charge in [-0.2, -0.15) is 4.31 Å². The van der Waals surface area contributed by atoms with Crippen molar-refractivity contribution in [3.63, 3.8) is 0 Å². The van der Waals surface area contributed by atoms with Gasteiger partial charge in [-0.05, 0) is 67.9 Å². The van der Waals surface area contributed by atoms with Crippen LogP contribution in [0.25, 0.3) is 0 Å². The molecular formula is C27H30ClN3O5S2. The van der Waals surface area contributed by atoms with Gasteiger partial charge in [0.25, 0.3) is 5.69 Å². The van der Waals surface area contributed by atoms with E-state index in [2.05, 4.69) is 4.90 Å². The maximum absolute atomic E-state index is 13.8. The first-order chi connectivity index (χ1) is 18.2. The first-order valence-corrected chi connectivity index (χ1v) is 14.9. The number of halogens is 1. The van der Waals surface area contributed by atoms with Gasteiger partial charge in [0.2, 0.25) is 10.0 Å². The van der Waals surface area contributed by atoms with Gasteiger partial charge in [0, 0.05) is 53.1 Å². The van der Waals surface area contributed by atoms with Gasteiger partial charge in [-0.3, -0.25) is 15.0 Å². The topological polar surface area (TPSA) is 93.0 Å². The molecule has 0 amide bonds. The first kappa shape index (κ1) is 28.5. The predicted octanol–water partition coefficient (Wildman–Crippen LogP) is 5.62. The van der Waals surface area contributed by atoms with Gasteiger partial charge in [-0.15, -0.1) is 0 Å². The van der Waals surface area contributed by atoms with Gasteiger partial charge in [0.15, 0.2) is 0 Å². The number of morpholine rings is 1. The molecule has 0 N–H and O–H groups in total. The Bertz CT molecular complexity index is 1350. The Balaban J connectivity index is 1.64. The van der Waals surface area contributed by atoms with Gasteiger partial charge in [-0.1, -0.05) is 41.1 Å². The molecule has 0 spiro atoms. The van der Waals surface area contributed by atoms with Crippen LogP contribution in [-0.2, 0) is 21.3 Å². The number of rotatable bonds is 11. The molecule has 1 aliphatic heterocycles. The summed E-state index contributed by atoms with van der Waals surface area (Å²) in [6.45, 7) is 5.96. The van der Waals surface area contributed by atoms with Crippen LogP contribution in [0.1, 0.15) is 17.5 Å². The van der Waals surface area contributed by atoms with Crippen molar-refractivity contribution in [3.05, 3.63) is 93.0 Å². The molecule has 0 saturated carbocycles. The minimum atomic E-state index is -3.89. The highest BCUT2D eigenvalue weighted by Gasteiger charge is 2.27. The number of nitrogens with zero attached hydrogens (tertiary/aromatic N) is 3. The number of sulfonamides is 1. The molecule has 0 radical (unpaired) electrons. The average molecular weight is 576 g/mol. The fraction of sp³-hybridized carbons (Fsp3) is 0.333. The zero-order valence-electron chi connectivity index (χ0n) is 21.1. The van der Waals surface area contributed by atoms with E-state index in [1.54, 1.807) is 18.2 Å². The van der Waals surface area contributed by atoms with E-state index in [-0.39, 0.29) is 23.7 Å². The van der Waals surface area contributed by atoms with E-state index < -0.39 is 14.9 Å². The van der Waals surface area contributed by atoms with Crippen LogP contribution in [0.2, 0.25) is 5.02 Å². The van der Waals surface area contributed by atoms with Crippen molar-refractivity contribution >= 4 is 39.1 Å². The molecule has 1 fully saturated rings. The van der Waals surface area contributed by atoms with Crippen LogP contribution >= 0.6 is 23.4 Å². The predicted molar refractivity (Wildman–Crippen MR) is 149 cm³/mol. The molecule has 1 saturated heterocycles. The Hall–Kier alpha value is -2.47. The number of nitro benzene ring substituents is 1. The fourth-order valence-electron chi connectivity index (χ4n) is 4.16. The number of non-ortho nitro benzene ring substituents is 1. The van der Waals surface area contributed by atoms with Gasteiger partial charge in [-0.25, -0.2) is 8.42 Å². The summed E-state index contributed by atoms with van der Waals surface area (Å²) < 4.78 is 34.4. The molecule has 0 atom stereocenters. The van der Waals surface area contributed by atoms with E-state index in [0.717, 1.165) is 35.0 Å². The second-order valence-electron chi connectivity index (χ2n) is 9.06. The van der Waals surface area contributed by atoms with Crippen LogP contribution in [0.5, 0.6) is 0 Å². The molecule has 38 heavy (non-hydrogen) atoms. The molecule has 0 unspecified atom stereocenters. The van der Waals surface area contributed by atoms with Crippen LogP contribution < -0.4 is 0 Å². The Morgan fingerprint density at radius 3 is 2.39 bits per heavy atom. The summed E-state index contributed by atoms with van der Waals surface area (Å²) in [5.41, 5.74) is 1.62. The number of nitro groups is 1. The molecule has 0 bridgehead atoms. The van der Waals surface area contributed by atoms with Crippen molar-refractivity contribution in [1.29, 1.82) is 0 Å². The van der Waals surface area contributed by atoms with Crippen molar-refractivity contribution in [2.24, 2.45) is 0 Å². The Labute approximate surface area is 232 Å². The lowest BCUT2D eigenvalue weighted by molar-refractivity contribution is -0.385. The highest BCUT2D eigenvalue weighted by molar-refractivity contribution is 7.99. The van der Waals surface area contributed by atoms with Crippen molar-refractivity contribution < 1.29 is 18.1 Å². The van der Waals surface area contributed by atoms with Gasteiger partial charge >= 0.3 is 0 Å². The summed E-state index contributed by atoms with van der Waals surface area (Å²) in [5, 5.41) is 12.0. The maximum Gasteiger partial charge on any atom is 0.269 e. The normalized spacial score (nSPS) is 14.6. The van der Waals surface area contributed by atoms with E-state index in [9.17, 15) is 18.5 Å². The van der Waals surface area contributed by atoms with Gasteiger partial charge < -0.3 is 4.74 Å². The minimum Gasteiger partial charge on any atom is -0.379 e. The van der Waals surface area contributed by atoms with Gasteiger partial charge in [0.1, 0.15) is 0 Å². The van der Waals surface area contributed by atoms with E-state index in [1.165, 1.54) is 40.3 Å². The summed E-state index contributed by atoms with van der Waals surface area (Å²) in [6, 6.07) is 18.7. The van der Waals surface area contributed by atoms with Crippen LogP contribution in [-0.4, -0.2) is 61.9 Å². The third-order valence-electron chi connectivity index (χ3n) is 6.29. The van der Waals surface area contributed by atoms with Crippen molar-refractivity contribution in [2.45, 2.75) is 34.6 Å². The number of ether oxygens (including phenoxy) is 1. The highest BCUT2D eigenvalue weighted by atomic mass is 35.5. The molecule has 11 heteroatoms. The minimum absolute atomic E-state index is 0.00391. The molecule has 3 aromatic carbocycles. The summed E-state index contributed by atoms with van der Waals surface area (Å²) >= 11 is 7.46. The quantitative estimate of drug-likeness (QED) is 0.216. The Morgan fingerprint density at radius 2 is 1.74 bits per heavy atom. The highest BCUT2D eigenvalue weighted by Crippen LogP contribution is 2.34. The molecule has 3 aromatic rings. The van der Waals surface area contributed by atoms with E-state index in [0.29, 0.717) is 30.2 Å². The SMILES string of the molecule is Cc1ccc(Sc2ccc([N+](=O)[O-])cc2CN(CCCN2CCOCC2)S(=O)(=O)c2ccc(Cl)cc2)cc1. The largest absolute Gasteiger partial charge is 0.379 e. The monoisotopic (exact) mass is 575 g/mol. The van der Waals surface area contributed by atoms with Crippen LogP contribution in [0.15, 0.2) is 81.4 Å². The second kappa shape index (κ2) is 13.1. The van der Waals surface area contributed by atoms with E-state index in [4.69, 9.17) is 16.3 Å². The average Bonchev–Trinajstić information content (AvgIpc) is 2.91. The standard InChI is InChI=1S/C27H30ClN3O5S2/c1-21-3-8-25(9-4-21)37-27-12-7-24(31(32)33)19-22(27)20-30(14-2-13-29-15-17-36-18-16-29)38(34,35)26-10-5-23(28)6-11-26/h3-12,19H,2,13-18,20H2,1H3. The van der Waals surface area contributed by atoms with Crippen LogP contribution in [0, 0.1) is 17.0 Å². The number of benzene rings is 3. The van der Waals surface area contributed by atoms with E-state index in [1.807, 2.05) is 31.2 Å². The Kier molecular flexibility index (Phi) is 9.80. The molecule has 8 nitrogen and oxygen atoms in total. The van der Waals surface area contributed by atoms with E-state index >= 15 is 0 Å². The maximum atomic E-state index is 13.8. The van der Waals surface area contributed by atoms with Crippen molar-refractivity contribution in [2.75, 3.05) is 39.4 Å². The fourth-order valence-corrected chi connectivity index (χ4v) is 6.66. The first-order valence-electron chi connectivity index (χ1n) is 12.3. The summed E-state index contributed by atoms with van der Waals surface area (Å²) in [4.78, 5) is 15.2. The molecule has 1 aliphatic rings. The molecule has 0 aromatic heterocycles.